The first-order chi connectivity index (χ1) is 17.4. The van der Waals surface area contributed by atoms with E-state index < -0.39 is 92.4 Å². The highest BCUT2D eigenvalue weighted by Crippen LogP contribution is 2.27. The SMILES string of the molecule is CCC(CC(=O)O)OC(=O)CC(CCI)O[C@@H]1OC(CO[C@@H]2O[C@@H](O)[C@H](O)C(O)C2O)[C@@H](O)[C@H](O)C1O. The number of aliphatic hydroxyl groups is 7. The van der Waals surface area contributed by atoms with E-state index in [1.54, 1.807) is 6.92 Å². The first-order valence-electron chi connectivity index (χ1n) is 11.7. The third kappa shape index (κ3) is 9.14. The number of aliphatic carboxylic acids is 1. The number of esters is 1. The predicted molar refractivity (Wildman–Crippen MR) is 127 cm³/mol. The van der Waals surface area contributed by atoms with Crippen molar-refractivity contribution in [2.75, 3.05) is 11.0 Å². The van der Waals surface area contributed by atoms with Gasteiger partial charge < -0.3 is 64.5 Å². The summed E-state index contributed by atoms with van der Waals surface area (Å²) in [4.78, 5) is 23.3. The molecule has 2 saturated heterocycles. The summed E-state index contributed by atoms with van der Waals surface area (Å²) in [5.74, 6) is -1.85. The van der Waals surface area contributed by atoms with Gasteiger partial charge in [-0.15, -0.1) is 0 Å². The Kier molecular flexibility index (Phi) is 13.3. The molecule has 216 valence electrons. The van der Waals surface area contributed by atoms with E-state index >= 15 is 0 Å². The monoisotopic (exact) mass is 654 g/mol. The van der Waals surface area contributed by atoms with Crippen LogP contribution in [0, 0.1) is 0 Å². The summed E-state index contributed by atoms with van der Waals surface area (Å²) >= 11 is 2.03. The maximum Gasteiger partial charge on any atom is 0.308 e. The second-order valence-electron chi connectivity index (χ2n) is 8.77. The van der Waals surface area contributed by atoms with Gasteiger partial charge >= 0.3 is 11.9 Å². The molecule has 8 N–H and O–H groups in total. The molecule has 2 heterocycles. The van der Waals surface area contributed by atoms with Gasteiger partial charge in [0.15, 0.2) is 18.9 Å². The molecular weight excluding hydrogens is 619 g/mol. The van der Waals surface area contributed by atoms with Crippen LogP contribution in [0.2, 0.25) is 0 Å². The Morgan fingerprint density at radius 3 is 2.05 bits per heavy atom. The Morgan fingerprint density at radius 2 is 1.46 bits per heavy atom. The molecule has 12 atom stereocenters. The fraction of sp³-hybridized carbons (Fsp3) is 0.905. The first-order valence-corrected chi connectivity index (χ1v) is 13.2. The van der Waals surface area contributed by atoms with Crippen LogP contribution in [0.25, 0.3) is 0 Å². The number of carboxylic acids is 1. The van der Waals surface area contributed by atoms with Crippen molar-refractivity contribution < 1.29 is 74.1 Å². The second-order valence-corrected chi connectivity index (χ2v) is 9.85. The number of halogens is 1. The van der Waals surface area contributed by atoms with E-state index in [0.29, 0.717) is 17.3 Å². The van der Waals surface area contributed by atoms with E-state index in [-0.39, 0.29) is 12.8 Å². The zero-order chi connectivity index (χ0) is 27.9. The number of rotatable bonds is 13. The average molecular weight is 654 g/mol. The number of carboxylic acid groups (broad SMARTS) is 1. The maximum absolute atomic E-state index is 12.4. The highest BCUT2D eigenvalue weighted by Gasteiger charge is 2.47. The third-order valence-corrected chi connectivity index (χ3v) is 6.57. The highest BCUT2D eigenvalue weighted by atomic mass is 127. The fourth-order valence-corrected chi connectivity index (χ4v) is 4.43. The second kappa shape index (κ2) is 15.1. The lowest BCUT2D eigenvalue weighted by atomic mass is 9.99. The first kappa shape index (κ1) is 32.4. The van der Waals surface area contributed by atoms with E-state index in [0.717, 1.165) is 0 Å². The number of aliphatic hydroxyl groups excluding tert-OH is 7. The number of alkyl halides is 1. The minimum Gasteiger partial charge on any atom is -0.481 e. The lowest BCUT2D eigenvalue weighted by molar-refractivity contribution is -0.355. The normalized spacial score (nSPS) is 38.1. The zero-order valence-corrected chi connectivity index (χ0v) is 22.1. The van der Waals surface area contributed by atoms with Gasteiger partial charge in [0.05, 0.1) is 25.6 Å². The van der Waals surface area contributed by atoms with Crippen LogP contribution in [0.3, 0.4) is 0 Å². The molecule has 0 bridgehead atoms. The van der Waals surface area contributed by atoms with Gasteiger partial charge in [-0.2, -0.15) is 0 Å². The molecule has 2 aliphatic rings. The maximum atomic E-state index is 12.4. The standard InChI is InChI=1S/C21H35IO15/c1-2-8(5-11(23)24)34-12(25)6-9(3-4-22)35-21-18(31)14(27)13(26)10(36-21)7-33-20-17(30)15(28)16(29)19(32)37-20/h8-10,13-21,26-32H,2-7H2,1H3,(H,23,24)/t8?,9?,10?,13-,14+,15?,16-,17?,18?,19-,20-,21-/m1/s1. The molecule has 37 heavy (non-hydrogen) atoms. The Bertz CT molecular complexity index is 728. The van der Waals surface area contributed by atoms with Crippen molar-refractivity contribution in [3.8, 4) is 0 Å². The van der Waals surface area contributed by atoms with Crippen molar-refractivity contribution in [3.63, 3.8) is 0 Å². The van der Waals surface area contributed by atoms with Crippen molar-refractivity contribution in [1.82, 2.24) is 0 Å². The summed E-state index contributed by atoms with van der Waals surface area (Å²) in [6.07, 6.45) is -18.6. The summed E-state index contributed by atoms with van der Waals surface area (Å²) in [5.41, 5.74) is 0. The van der Waals surface area contributed by atoms with Crippen LogP contribution in [-0.4, -0.2) is 138 Å². The molecule has 6 unspecified atom stereocenters. The van der Waals surface area contributed by atoms with E-state index in [1.165, 1.54) is 0 Å². The van der Waals surface area contributed by atoms with Crippen molar-refractivity contribution in [2.45, 2.75) is 106 Å². The van der Waals surface area contributed by atoms with Crippen molar-refractivity contribution in [1.29, 1.82) is 0 Å². The molecule has 0 aromatic rings. The molecule has 0 amide bonds. The van der Waals surface area contributed by atoms with E-state index in [2.05, 4.69) is 0 Å². The molecule has 0 saturated carbocycles. The van der Waals surface area contributed by atoms with Crippen molar-refractivity contribution >= 4 is 34.5 Å². The van der Waals surface area contributed by atoms with Gasteiger partial charge in [0.2, 0.25) is 0 Å². The predicted octanol–water partition coefficient (Wildman–Crippen LogP) is -3.04. The molecule has 0 aliphatic carbocycles. The fourth-order valence-electron chi connectivity index (χ4n) is 3.74. The number of carbonyl (C=O) groups is 2. The Balaban J connectivity index is 2.00. The topological polar surface area (TPSA) is 242 Å². The van der Waals surface area contributed by atoms with Crippen molar-refractivity contribution in [2.24, 2.45) is 0 Å². The highest BCUT2D eigenvalue weighted by molar-refractivity contribution is 14.1. The van der Waals surface area contributed by atoms with Gasteiger partial charge in [-0.1, -0.05) is 29.5 Å². The number of hydrogen-bond donors (Lipinski definition) is 8. The minimum atomic E-state index is -1.86. The summed E-state index contributed by atoms with van der Waals surface area (Å²) in [6.45, 7) is 1.11. The van der Waals surface area contributed by atoms with Gasteiger partial charge in [0, 0.05) is 4.43 Å². The molecule has 2 aliphatic heterocycles. The Hall–Kier alpha value is -0.770. The quantitative estimate of drug-likeness (QED) is 0.0560. The molecule has 0 aromatic heterocycles. The summed E-state index contributed by atoms with van der Waals surface area (Å²) in [6, 6.07) is 0. The van der Waals surface area contributed by atoms with Crippen LogP contribution in [-0.2, 0) is 33.3 Å². The van der Waals surface area contributed by atoms with Crippen LogP contribution in [0.4, 0.5) is 0 Å². The molecular formula is C21H35IO15. The number of ether oxygens (including phenoxy) is 5. The Morgan fingerprint density at radius 1 is 0.838 bits per heavy atom. The average Bonchev–Trinajstić information content (AvgIpc) is 2.84. The van der Waals surface area contributed by atoms with Crippen LogP contribution < -0.4 is 0 Å². The zero-order valence-electron chi connectivity index (χ0n) is 20.0. The van der Waals surface area contributed by atoms with Crippen LogP contribution in [0.15, 0.2) is 0 Å². The van der Waals surface area contributed by atoms with E-state index in [4.69, 9.17) is 28.8 Å². The Labute approximate surface area is 226 Å². The smallest absolute Gasteiger partial charge is 0.308 e. The molecule has 0 radical (unpaired) electrons. The van der Waals surface area contributed by atoms with E-state index in [9.17, 15) is 45.3 Å². The van der Waals surface area contributed by atoms with Gasteiger partial charge in [-0.05, 0) is 12.8 Å². The summed E-state index contributed by atoms with van der Waals surface area (Å²) in [5, 5.41) is 78.8. The number of carbonyl (C=O) groups excluding carboxylic acids is 1. The molecule has 0 spiro atoms. The largest absolute Gasteiger partial charge is 0.481 e. The molecule has 0 aromatic carbocycles. The van der Waals surface area contributed by atoms with Gasteiger partial charge in [0.1, 0.15) is 48.8 Å². The van der Waals surface area contributed by atoms with Crippen LogP contribution in [0.1, 0.15) is 32.6 Å². The van der Waals surface area contributed by atoms with Crippen LogP contribution >= 0.6 is 22.6 Å². The molecule has 2 fully saturated rings. The summed E-state index contributed by atoms with van der Waals surface area (Å²) in [7, 11) is 0. The third-order valence-electron chi connectivity index (χ3n) is 5.95. The number of hydrogen-bond acceptors (Lipinski definition) is 14. The molecule has 15 nitrogen and oxygen atoms in total. The van der Waals surface area contributed by atoms with Gasteiger partial charge in [-0.25, -0.2) is 0 Å². The van der Waals surface area contributed by atoms with E-state index in [1.807, 2.05) is 22.6 Å². The summed E-state index contributed by atoms with van der Waals surface area (Å²) < 4.78 is 27.1. The lowest BCUT2D eigenvalue weighted by Gasteiger charge is -2.42. The van der Waals surface area contributed by atoms with Gasteiger partial charge in [0.25, 0.3) is 0 Å². The molecule has 2 rings (SSSR count). The van der Waals surface area contributed by atoms with Crippen LogP contribution in [0.5, 0.6) is 0 Å². The molecule has 16 heteroatoms. The van der Waals surface area contributed by atoms with Gasteiger partial charge in [-0.3, -0.25) is 9.59 Å². The lowest BCUT2D eigenvalue weighted by Crippen LogP contribution is -2.61. The van der Waals surface area contributed by atoms with Crippen molar-refractivity contribution in [3.05, 3.63) is 0 Å². The minimum absolute atomic E-state index is 0.290.